The van der Waals surface area contributed by atoms with Crippen molar-refractivity contribution in [3.8, 4) is 5.75 Å². The normalized spacial score (nSPS) is 12.4. The lowest BCUT2D eigenvalue weighted by molar-refractivity contribution is -0.143. The molecule has 2 nitrogen and oxygen atoms in total. The van der Waals surface area contributed by atoms with Gasteiger partial charge < -0.3 is 4.74 Å². The van der Waals surface area contributed by atoms with Gasteiger partial charge in [0, 0.05) is 5.56 Å². The highest BCUT2D eigenvalue weighted by atomic mass is 16.5. The number of ether oxygens (including phenoxy) is 1. The lowest BCUT2D eigenvalue weighted by atomic mass is 9.85. The standard InChI is InChI=1S/C16H24O2/c1-11-9-8-10-12(15(2,3)4)13(11)18-14(17)16(5,6)7/h8-10H,1-7H3. The number of rotatable bonds is 1. The summed E-state index contributed by atoms with van der Waals surface area (Å²) < 4.78 is 5.63. The molecule has 0 saturated heterocycles. The van der Waals surface area contributed by atoms with E-state index in [0.29, 0.717) is 5.75 Å². The molecular formula is C16H24O2. The monoisotopic (exact) mass is 248 g/mol. The first-order chi connectivity index (χ1) is 8.03. The van der Waals surface area contributed by atoms with E-state index in [-0.39, 0.29) is 11.4 Å². The molecule has 1 aromatic carbocycles. The molecule has 18 heavy (non-hydrogen) atoms. The van der Waals surface area contributed by atoms with Crippen molar-refractivity contribution >= 4 is 5.97 Å². The molecule has 100 valence electrons. The van der Waals surface area contributed by atoms with E-state index in [1.807, 2.05) is 45.9 Å². The van der Waals surface area contributed by atoms with E-state index in [4.69, 9.17) is 4.74 Å². The van der Waals surface area contributed by atoms with Gasteiger partial charge in [0.15, 0.2) is 0 Å². The summed E-state index contributed by atoms with van der Waals surface area (Å²) in [6.45, 7) is 13.9. The summed E-state index contributed by atoms with van der Waals surface area (Å²) in [5.74, 6) is 0.521. The van der Waals surface area contributed by atoms with Gasteiger partial charge in [0.2, 0.25) is 0 Å². The zero-order chi connectivity index (χ0) is 14.1. The van der Waals surface area contributed by atoms with Crippen LogP contribution in [0, 0.1) is 12.3 Å². The summed E-state index contributed by atoms with van der Waals surface area (Å²) in [4.78, 5) is 12.0. The molecule has 0 saturated carbocycles. The molecule has 0 aliphatic carbocycles. The largest absolute Gasteiger partial charge is 0.426 e. The molecule has 2 heteroatoms. The maximum absolute atomic E-state index is 12.0. The minimum Gasteiger partial charge on any atom is -0.426 e. The van der Waals surface area contributed by atoms with Gasteiger partial charge in [-0.05, 0) is 38.7 Å². The minimum atomic E-state index is -0.489. The highest BCUT2D eigenvalue weighted by Gasteiger charge is 2.27. The Hall–Kier alpha value is -1.31. The first-order valence-corrected chi connectivity index (χ1v) is 6.36. The molecule has 0 aromatic heterocycles. The molecule has 0 radical (unpaired) electrons. The fraction of sp³-hybridized carbons (Fsp3) is 0.562. The van der Waals surface area contributed by atoms with Gasteiger partial charge in [0.25, 0.3) is 0 Å². The number of hydrogen-bond donors (Lipinski definition) is 0. The summed E-state index contributed by atoms with van der Waals surface area (Å²) in [7, 11) is 0. The Bertz CT molecular complexity index is 445. The van der Waals surface area contributed by atoms with Crippen molar-refractivity contribution < 1.29 is 9.53 Å². The predicted octanol–water partition coefficient (Wildman–Crippen LogP) is 4.24. The van der Waals surface area contributed by atoms with E-state index < -0.39 is 5.41 Å². The number of para-hydroxylation sites is 1. The van der Waals surface area contributed by atoms with Crippen molar-refractivity contribution in [1.29, 1.82) is 0 Å². The quantitative estimate of drug-likeness (QED) is 0.549. The Kier molecular flexibility index (Phi) is 3.89. The van der Waals surface area contributed by atoms with Gasteiger partial charge in [-0.1, -0.05) is 39.0 Å². The average molecular weight is 248 g/mol. The molecule has 0 heterocycles. The zero-order valence-corrected chi connectivity index (χ0v) is 12.5. The van der Waals surface area contributed by atoms with Crippen molar-refractivity contribution in [2.24, 2.45) is 5.41 Å². The molecule has 1 rings (SSSR count). The molecule has 0 fully saturated rings. The molecule has 0 amide bonds. The molecule has 1 aromatic rings. The summed E-state index contributed by atoms with van der Waals surface area (Å²) in [6.07, 6.45) is 0. The summed E-state index contributed by atoms with van der Waals surface area (Å²) >= 11 is 0. The first-order valence-electron chi connectivity index (χ1n) is 6.36. The lowest BCUT2D eigenvalue weighted by Crippen LogP contribution is -2.27. The third-order valence-electron chi connectivity index (χ3n) is 2.83. The third-order valence-corrected chi connectivity index (χ3v) is 2.83. The van der Waals surface area contributed by atoms with Crippen LogP contribution in [-0.4, -0.2) is 5.97 Å². The van der Waals surface area contributed by atoms with Crippen molar-refractivity contribution in [2.45, 2.75) is 53.9 Å². The topological polar surface area (TPSA) is 26.3 Å². The second-order valence-corrected chi connectivity index (χ2v) is 6.84. The van der Waals surface area contributed by atoms with Crippen molar-refractivity contribution in [1.82, 2.24) is 0 Å². The number of benzene rings is 1. The molecule has 0 aliphatic rings. The van der Waals surface area contributed by atoms with Crippen LogP contribution in [0.15, 0.2) is 18.2 Å². The summed E-state index contributed by atoms with van der Waals surface area (Å²) in [5, 5.41) is 0. The van der Waals surface area contributed by atoms with E-state index in [0.717, 1.165) is 11.1 Å². The fourth-order valence-corrected chi connectivity index (χ4v) is 1.62. The van der Waals surface area contributed by atoms with Crippen LogP contribution in [0.2, 0.25) is 0 Å². The molecule has 0 bridgehead atoms. The van der Waals surface area contributed by atoms with Crippen LogP contribution in [0.25, 0.3) is 0 Å². The summed E-state index contributed by atoms with van der Waals surface area (Å²) in [5.41, 5.74) is 1.54. The van der Waals surface area contributed by atoms with E-state index in [2.05, 4.69) is 20.8 Å². The van der Waals surface area contributed by atoms with E-state index in [9.17, 15) is 4.79 Å². The van der Waals surface area contributed by atoms with Gasteiger partial charge in [0.05, 0.1) is 5.41 Å². The van der Waals surface area contributed by atoms with Gasteiger partial charge >= 0.3 is 5.97 Å². The number of aryl methyl sites for hydroxylation is 1. The Morgan fingerprint density at radius 3 is 2.06 bits per heavy atom. The maximum Gasteiger partial charge on any atom is 0.316 e. The molecule has 0 spiro atoms. The van der Waals surface area contributed by atoms with Crippen LogP contribution in [-0.2, 0) is 10.2 Å². The second-order valence-electron chi connectivity index (χ2n) is 6.84. The molecular weight excluding hydrogens is 224 g/mol. The van der Waals surface area contributed by atoms with Crippen LogP contribution >= 0.6 is 0 Å². The third kappa shape index (κ3) is 3.34. The van der Waals surface area contributed by atoms with Gasteiger partial charge in [-0.25, -0.2) is 0 Å². The van der Waals surface area contributed by atoms with Gasteiger partial charge in [0.1, 0.15) is 5.75 Å². The van der Waals surface area contributed by atoms with E-state index >= 15 is 0 Å². The van der Waals surface area contributed by atoms with Gasteiger partial charge in [-0.2, -0.15) is 0 Å². The highest BCUT2D eigenvalue weighted by Crippen LogP contribution is 2.34. The molecule has 0 unspecified atom stereocenters. The Morgan fingerprint density at radius 1 is 1.06 bits per heavy atom. The van der Waals surface area contributed by atoms with Crippen LogP contribution in [0.4, 0.5) is 0 Å². The first kappa shape index (κ1) is 14.7. The zero-order valence-electron chi connectivity index (χ0n) is 12.5. The highest BCUT2D eigenvalue weighted by molar-refractivity contribution is 5.78. The SMILES string of the molecule is Cc1cccc(C(C)(C)C)c1OC(=O)C(C)(C)C. The number of esters is 1. The van der Waals surface area contributed by atoms with Crippen molar-refractivity contribution in [3.05, 3.63) is 29.3 Å². The van der Waals surface area contributed by atoms with E-state index in [1.165, 1.54) is 0 Å². The van der Waals surface area contributed by atoms with E-state index in [1.54, 1.807) is 0 Å². The smallest absolute Gasteiger partial charge is 0.316 e. The maximum atomic E-state index is 12.0. The Morgan fingerprint density at radius 2 is 1.61 bits per heavy atom. The Balaban J connectivity index is 3.20. The lowest BCUT2D eigenvalue weighted by Gasteiger charge is -2.25. The van der Waals surface area contributed by atoms with Crippen molar-refractivity contribution in [3.63, 3.8) is 0 Å². The Labute approximate surface area is 110 Å². The average Bonchev–Trinajstić information content (AvgIpc) is 2.17. The number of hydrogen-bond acceptors (Lipinski definition) is 2. The second kappa shape index (κ2) is 4.75. The number of carbonyl (C=O) groups is 1. The predicted molar refractivity (Wildman–Crippen MR) is 75.0 cm³/mol. The molecule has 0 N–H and O–H groups in total. The summed E-state index contributed by atoms with van der Waals surface area (Å²) in [6, 6.07) is 6.00. The van der Waals surface area contributed by atoms with Crippen LogP contribution in [0.3, 0.4) is 0 Å². The van der Waals surface area contributed by atoms with Crippen LogP contribution in [0.5, 0.6) is 5.75 Å². The minimum absolute atomic E-state index is 0.0421. The van der Waals surface area contributed by atoms with Crippen molar-refractivity contribution in [2.75, 3.05) is 0 Å². The fourth-order valence-electron chi connectivity index (χ4n) is 1.62. The van der Waals surface area contributed by atoms with Crippen LogP contribution in [0.1, 0.15) is 52.7 Å². The van der Waals surface area contributed by atoms with Crippen LogP contribution < -0.4 is 4.74 Å². The molecule has 0 aliphatic heterocycles. The number of carbonyl (C=O) groups excluding carboxylic acids is 1. The molecule has 0 atom stereocenters. The van der Waals surface area contributed by atoms with Gasteiger partial charge in [-0.3, -0.25) is 4.79 Å². The van der Waals surface area contributed by atoms with Gasteiger partial charge in [-0.15, -0.1) is 0 Å².